The van der Waals surface area contributed by atoms with Crippen molar-refractivity contribution in [2.24, 2.45) is 0 Å². The van der Waals surface area contributed by atoms with Crippen molar-refractivity contribution in [2.75, 3.05) is 0 Å². The molecule has 3 nitrogen and oxygen atoms in total. The quantitative estimate of drug-likeness (QED) is 0.826. The predicted octanol–water partition coefficient (Wildman–Crippen LogP) is 4.06. The van der Waals surface area contributed by atoms with Crippen molar-refractivity contribution in [3.8, 4) is 0 Å². The van der Waals surface area contributed by atoms with Gasteiger partial charge in [-0.15, -0.1) is 0 Å². The van der Waals surface area contributed by atoms with Gasteiger partial charge in [-0.25, -0.2) is 0 Å². The van der Waals surface area contributed by atoms with Crippen LogP contribution in [0.1, 0.15) is 43.7 Å². The maximum absolute atomic E-state index is 5.59. The van der Waals surface area contributed by atoms with Crippen molar-refractivity contribution in [1.82, 2.24) is 5.32 Å². The zero-order chi connectivity index (χ0) is 14.4. The van der Waals surface area contributed by atoms with Gasteiger partial charge in [0.1, 0.15) is 5.76 Å². The molecule has 0 aliphatic rings. The first-order valence-electron chi connectivity index (χ1n) is 7.11. The Labute approximate surface area is 121 Å². The Bertz CT molecular complexity index is 488. The van der Waals surface area contributed by atoms with Gasteiger partial charge in [-0.1, -0.05) is 24.3 Å². The maximum atomic E-state index is 5.59. The molecule has 2 aromatic rings. The third-order valence-electron chi connectivity index (χ3n) is 3.19. The normalized spacial score (nSPS) is 12.8. The Morgan fingerprint density at radius 2 is 1.75 bits per heavy atom. The second-order valence-corrected chi connectivity index (χ2v) is 5.29. The third kappa shape index (κ3) is 4.51. The molecule has 2 rings (SSSR count). The van der Waals surface area contributed by atoms with Gasteiger partial charge in [-0.2, -0.15) is 0 Å². The fourth-order valence-electron chi connectivity index (χ4n) is 1.93. The van der Waals surface area contributed by atoms with Crippen LogP contribution in [0.5, 0.6) is 0 Å². The summed E-state index contributed by atoms with van der Waals surface area (Å²) >= 11 is 0. The molecule has 1 aromatic heterocycles. The van der Waals surface area contributed by atoms with Gasteiger partial charge < -0.3 is 14.5 Å². The Morgan fingerprint density at radius 3 is 2.35 bits per heavy atom. The molecule has 20 heavy (non-hydrogen) atoms. The molecule has 0 amide bonds. The lowest BCUT2D eigenvalue weighted by atomic mass is 10.1. The van der Waals surface area contributed by atoms with Gasteiger partial charge in [-0.3, -0.25) is 0 Å². The van der Waals surface area contributed by atoms with Crippen molar-refractivity contribution >= 4 is 0 Å². The van der Waals surface area contributed by atoms with E-state index in [2.05, 4.69) is 36.5 Å². The SMILES string of the molecule is CC(C)OCc1ccc(CN[C@H](C)c2ccco2)cc1. The fraction of sp³-hybridized carbons (Fsp3) is 0.412. The lowest BCUT2D eigenvalue weighted by Crippen LogP contribution is -2.17. The lowest BCUT2D eigenvalue weighted by molar-refractivity contribution is 0.0657. The molecule has 1 aromatic carbocycles. The van der Waals surface area contributed by atoms with Gasteiger partial charge in [0.25, 0.3) is 0 Å². The molecule has 0 fully saturated rings. The van der Waals surface area contributed by atoms with E-state index in [-0.39, 0.29) is 12.1 Å². The summed E-state index contributed by atoms with van der Waals surface area (Å²) in [6, 6.07) is 12.6. The van der Waals surface area contributed by atoms with Crippen molar-refractivity contribution in [3.05, 3.63) is 59.5 Å². The Balaban J connectivity index is 1.81. The first-order valence-corrected chi connectivity index (χ1v) is 7.11. The van der Waals surface area contributed by atoms with Crippen LogP contribution >= 0.6 is 0 Å². The molecule has 0 bridgehead atoms. The molecule has 0 spiro atoms. The Hall–Kier alpha value is -1.58. The highest BCUT2D eigenvalue weighted by Crippen LogP contribution is 2.13. The van der Waals surface area contributed by atoms with E-state index in [9.17, 15) is 0 Å². The van der Waals surface area contributed by atoms with Crippen LogP contribution in [0.2, 0.25) is 0 Å². The summed E-state index contributed by atoms with van der Waals surface area (Å²) < 4.78 is 11.0. The molecule has 0 saturated heterocycles. The highest BCUT2D eigenvalue weighted by atomic mass is 16.5. The molecule has 0 aliphatic heterocycles. The van der Waals surface area contributed by atoms with E-state index >= 15 is 0 Å². The zero-order valence-electron chi connectivity index (χ0n) is 12.4. The van der Waals surface area contributed by atoms with Crippen molar-refractivity contribution in [3.63, 3.8) is 0 Å². The minimum atomic E-state index is 0.217. The van der Waals surface area contributed by atoms with E-state index in [0.717, 1.165) is 12.3 Å². The van der Waals surface area contributed by atoms with Crippen LogP contribution in [0.15, 0.2) is 47.1 Å². The smallest absolute Gasteiger partial charge is 0.120 e. The summed E-state index contributed by atoms with van der Waals surface area (Å²) in [5.74, 6) is 0.965. The topological polar surface area (TPSA) is 34.4 Å². The molecule has 0 unspecified atom stereocenters. The highest BCUT2D eigenvalue weighted by molar-refractivity contribution is 5.22. The highest BCUT2D eigenvalue weighted by Gasteiger charge is 2.07. The van der Waals surface area contributed by atoms with Crippen molar-refractivity contribution in [2.45, 2.75) is 46.1 Å². The van der Waals surface area contributed by atoms with E-state index in [1.165, 1.54) is 11.1 Å². The molecule has 1 atom stereocenters. The molecular weight excluding hydrogens is 250 g/mol. The van der Waals surface area contributed by atoms with Crippen LogP contribution in [0.25, 0.3) is 0 Å². The second-order valence-electron chi connectivity index (χ2n) is 5.29. The number of benzene rings is 1. The minimum Gasteiger partial charge on any atom is -0.468 e. The van der Waals surface area contributed by atoms with Gasteiger partial charge in [-0.05, 0) is 44.0 Å². The van der Waals surface area contributed by atoms with E-state index in [1.807, 2.05) is 26.0 Å². The van der Waals surface area contributed by atoms with Crippen LogP contribution in [-0.4, -0.2) is 6.10 Å². The van der Waals surface area contributed by atoms with E-state index < -0.39 is 0 Å². The molecule has 0 radical (unpaired) electrons. The third-order valence-corrected chi connectivity index (χ3v) is 3.19. The molecular formula is C17H23NO2. The summed E-state index contributed by atoms with van der Waals surface area (Å²) in [5.41, 5.74) is 2.47. The monoisotopic (exact) mass is 273 g/mol. The van der Waals surface area contributed by atoms with E-state index in [1.54, 1.807) is 6.26 Å². The number of nitrogens with one attached hydrogen (secondary N) is 1. The fourth-order valence-corrected chi connectivity index (χ4v) is 1.93. The van der Waals surface area contributed by atoms with E-state index in [4.69, 9.17) is 9.15 Å². The first-order chi connectivity index (χ1) is 9.65. The summed E-state index contributed by atoms with van der Waals surface area (Å²) in [4.78, 5) is 0. The van der Waals surface area contributed by atoms with Gasteiger partial charge in [0.2, 0.25) is 0 Å². The number of ether oxygens (including phenoxy) is 1. The number of furan rings is 1. The standard InChI is InChI=1S/C17H23NO2/c1-13(2)20-12-16-8-6-15(7-9-16)11-18-14(3)17-5-4-10-19-17/h4-10,13-14,18H,11-12H2,1-3H3/t14-/m1/s1. The molecule has 1 N–H and O–H groups in total. The molecule has 108 valence electrons. The Kier molecular flexibility index (Phi) is 5.39. The molecule has 0 saturated carbocycles. The first kappa shape index (κ1) is 14.8. The van der Waals surface area contributed by atoms with E-state index in [0.29, 0.717) is 6.61 Å². The number of hydrogen-bond donors (Lipinski definition) is 1. The molecule has 1 heterocycles. The molecule has 0 aliphatic carbocycles. The van der Waals surface area contributed by atoms with Crippen LogP contribution in [-0.2, 0) is 17.9 Å². The minimum absolute atomic E-state index is 0.217. The van der Waals surface area contributed by atoms with Crippen LogP contribution in [0, 0.1) is 0 Å². The van der Waals surface area contributed by atoms with Crippen molar-refractivity contribution in [1.29, 1.82) is 0 Å². The zero-order valence-corrected chi connectivity index (χ0v) is 12.4. The lowest BCUT2D eigenvalue weighted by Gasteiger charge is -2.12. The van der Waals surface area contributed by atoms with Crippen molar-refractivity contribution < 1.29 is 9.15 Å². The van der Waals surface area contributed by atoms with Gasteiger partial charge in [0.15, 0.2) is 0 Å². The average Bonchev–Trinajstić information content (AvgIpc) is 2.98. The summed E-state index contributed by atoms with van der Waals surface area (Å²) in [5, 5.41) is 3.45. The second kappa shape index (κ2) is 7.27. The van der Waals surface area contributed by atoms with Gasteiger partial charge >= 0.3 is 0 Å². The average molecular weight is 273 g/mol. The van der Waals surface area contributed by atoms with Crippen LogP contribution in [0.4, 0.5) is 0 Å². The summed E-state index contributed by atoms with van der Waals surface area (Å²) in [6.07, 6.45) is 1.97. The van der Waals surface area contributed by atoms with Crippen LogP contribution in [0.3, 0.4) is 0 Å². The number of rotatable bonds is 7. The predicted molar refractivity (Wildman–Crippen MR) is 80.3 cm³/mol. The number of hydrogen-bond acceptors (Lipinski definition) is 3. The maximum Gasteiger partial charge on any atom is 0.120 e. The molecule has 3 heteroatoms. The van der Waals surface area contributed by atoms with Gasteiger partial charge in [0.05, 0.1) is 25.0 Å². The Morgan fingerprint density at radius 1 is 1.05 bits per heavy atom. The van der Waals surface area contributed by atoms with Crippen LogP contribution < -0.4 is 5.32 Å². The largest absolute Gasteiger partial charge is 0.468 e. The van der Waals surface area contributed by atoms with Gasteiger partial charge in [0, 0.05) is 6.54 Å². The summed E-state index contributed by atoms with van der Waals surface area (Å²) in [7, 11) is 0. The summed E-state index contributed by atoms with van der Waals surface area (Å²) in [6.45, 7) is 7.70.